The van der Waals surface area contributed by atoms with E-state index in [0.717, 1.165) is 5.41 Å². The Kier molecular flexibility index (Phi) is 3.12. The first kappa shape index (κ1) is 13.6. The van der Waals surface area contributed by atoms with Crippen LogP contribution in [0.5, 0.6) is 0 Å². The third-order valence-electron chi connectivity index (χ3n) is 3.22. The van der Waals surface area contributed by atoms with Gasteiger partial charge in [0.15, 0.2) is 5.79 Å². The Morgan fingerprint density at radius 1 is 1.20 bits per heavy atom. The van der Waals surface area contributed by atoms with E-state index >= 15 is 0 Å². The lowest BCUT2D eigenvalue weighted by Crippen LogP contribution is -2.23. The Morgan fingerprint density at radius 2 is 1.90 bits per heavy atom. The molecule has 0 aliphatic carbocycles. The summed E-state index contributed by atoms with van der Waals surface area (Å²) < 4.78 is 41.3. The molecule has 0 saturated carbocycles. The minimum absolute atomic E-state index is 0.234. The first-order valence-electron chi connectivity index (χ1n) is 6.38. The molecule has 0 bridgehead atoms. The summed E-state index contributed by atoms with van der Waals surface area (Å²) in [6, 6.07) is 8.23. The summed E-state index contributed by atoms with van der Waals surface area (Å²) >= 11 is 0. The summed E-state index contributed by atoms with van der Waals surface area (Å²) in [6.45, 7) is 3.91. The number of benzene rings is 1. The predicted molar refractivity (Wildman–Crippen MR) is 71.5 cm³/mol. The number of ether oxygens (including phenoxy) is 3. The second-order valence-corrected chi connectivity index (χ2v) is 7.08. The van der Waals surface area contributed by atoms with Gasteiger partial charge in [-0.25, -0.2) is 8.42 Å². The van der Waals surface area contributed by atoms with E-state index in [0.29, 0.717) is 12.4 Å². The highest BCUT2D eigenvalue weighted by molar-refractivity contribution is 7.94. The van der Waals surface area contributed by atoms with E-state index in [1.807, 2.05) is 0 Å². The van der Waals surface area contributed by atoms with Gasteiger partial charge in [0.2, 0.25) is 9.84 Å². The molecule has 2 aliphatic rings. The molecule has 0 aromatic heterocycles. The van der Waals surface area contributed by atoms with E-state index < -0.39 is 21.7 Å². The minimum Gasteiger partial charge on any atom is -0.491 e. The van der Waals surface area contributed by atoms with Crippen LogP contribution in [0.3, 0.4) is 0 Å². The Hall–Kier alpha value is -1.37. The fourth-order valence-electron chi connectivity index (χ4n) is 2.39. The molecule has 0 spiro atoms. The Balaban J connectivity index is 1.90. The van der Waals surface area contributed by atoms with E-state index in [1.54, 1.807) is 44.2 Å². The van der Waals surface area contributed by atoms with E-state index in [9.17, 15) is 8.42 Å². The van der Waals surface area contributed by atoms with Crippen molar-refractivity contribution in [1.29, 1.82) is 0 Å². The maximum absolute atomic E-state index is 12.3. The molecule has 1 aromatic carbocycles. The van der Waals surface area contributed by atoms with Crippen LogP contribution in [0, 0.1) is 0 Å². The van der Waals surface area contributed by atoms with E-state index in [2.05, 4.69) is 0 Å². The number of hydrogen-bond donors (Lipinski definition) is 0. The van der Waals surface area contributed by atoms with Gasteiger partial charge in [-0.15, -0.1) is 0 Å². The summed E-state index contributed by atoms with van der Waals surface area (Å²) in [4.78, 5) is 0.234. The maximum Gasteiger partial charge on any atom is 0.203 e. The standard InChI is InChI=1S/C14H16O5S/c1-14(2)18-11-8-17-12(13(11)19-14)9-20(15,16)10-6-4-3-5-7-10/h3-7,9,11,13H,8H2,1-2H3/b12-9-/t11-,13-/m1/s1. The van der Waals surface area contributed by atoms with E-state index in [-0.39, 0.29) is 11.0 Å². The number of fused-ring (bicyclic) bond motifs is 1. The van der Waals surface area contributed by atoms with Gasteiger partial charge in [-0.05, 0) is 26.0 Å². The Bertz CT molecular complexity index is 633. The van der Waals surface area contributed by atoms with Crippen molar-refractivity contribution in [3.05, 3.63) is 41.5 Å². The van der Waals surface area contributed by atoms with Gasteiger partial charge in [0.25, 0.3) is 0 Å². The highest BCUT2D eigenvalue weighted by Gasteiger charge is 2.48. The van der Waals surface area contributed by atoms with Crippen molar-refractivity contribution in [1.82, 2.24) is 0 Å². The lowest BCUT2D eigenvalue weighted by Gasteiger charge is -2.18. The quantitative estimate of drug-likeness (QED) is 0.833. The van der Waals surface area contributed by atoms with Crippen LogP contribution in [0.25, 0.3) is 0 Å². The normalized spacial score (nSPS) is 30.2. The monoisotopic (exact) mass is 296 g/mol. The molecule has 108 valence electrons. The van der Waals surface area contributed by atoms with Crippen LogP contribution in [-0.4, -0.2) is 33.0 Å². The molecule has 2 saturated heterocycles. The zero-order chi connectivity index (χ0) is 14.4. The molecule has 0 unspecified atom stereocenters. The molecular weight excluding hydrogens is 280 g/mol. The fraction of sp³-hybridized carbons (Fsp3) is 0.429. The molecule has 2 heterocycles. The van der Waals surface area contributed by atoms with Gasteiger partial charge in [0.1, 0.15) is 24.6 Å². The largest absolute Gasteiger partial charge is 0.491 e. The van der Waals surface area contributed by atoms with Crippen molar-refractivity contribution in [2.75, 3.05) is 6.61 Å². The first-order chi connectivity index (χ1) is 9.37. The fourth-order valence-corrected chi connectivity index (χ4v) is 3.57. The van der Waals surface area contributed by atoms with Crippen molar-refractivity contribution in [3.8, 4) is 0 Å². The van der Waals surface area contributed by atoms with Crippen molar-refractivity contribution in [2.24, 2.45) is 0 Å². The van der Waals surface area contributed by atoms with Crippen LogP contribution < -0.4 is 0 Å². The molecule has 2 aliphatic heterocycles. The van der Waals surface area contributed by atoms with Gasteiger partial charge in [-0.1, -0.05) is 18.2 Å². The Labute approximate surface area is 118 Å². The third-order valence-corrected chi connectivity index (χ3v) is 4.69. The molecule has 0 N–H and O–H groups in total. The predicted octanol–water partition coefficient (Wildman–Crippen LogP) is 1.85. The number of sulfone groups is 1. The number of rotatable bonds is 2. The highest BCUT2D eigenvalue weighted by Crippen LogP contribution is 2.37. The van der Waals surface area contributed by atoms with Gasteiger partial charge in [-0.2, -0.15) is 0 Å². The van der Waals surface area contributed by atoms with Crippen LogP contribution in [0.2, 0.25) is 0 Å². The second-order valence-electron chi connectivity index (χ2n) is 5.28. The van der Waals surface area contributed by atoms with Crippen LogP contribution in [-0.2, 0) is 24.0 Å². The zero-order valence-corrected chi connectivity index (χ0v) is 12.1. The lowest BCUT2D eigenvalue weighted by molar-refractivity contribution is -0.157. The molecule has 2 fully saturated rings. The molecule has 0 radical (unpaired) electrons. The smallest absolute Gasteiger partial charge is 0.203 e. The summed E-state index contributed by atoms with van der Waals surface area (Å²) in [6.07, 6.45) is -0.703. The van der Waals surface area contributed by atoms with Crippen molar-refractivity contribution in [3.63, 3.8) is 0 Å². The summed E-state index contributed by atoms with van der Waals surface area (Å²) in [7, 11) is -3.54. The summed E-state index contributed by atoms with van der Waals surface area (Å²) in [5.41, 5.74) is 0. The van der Waals surface area contributed by atoms with Crippen molar-refractivity contribution < 1.29 is 22.6 Å². The van der Waals surface area contributed by atoms with Crippen LogP contribution >= 0.6 is 0 Å². The number of hydrogen-bond acceptors (Lipinski definition) is 5. The molecular formula is C14H16O5S. The summed E-state index contributed by atoms with van der Waals surface area (Å²) in [5.74, 6) is -0.404. The first-order valence-corrected chi connectivity index (χ1v) is 7.92. The van der Waals surface area contributed by atoms with Crippen molar-refractivity contribution in [2.45, 2.75) is 36.7 Å². The molecule has 20 heavy (non-hydrogen) atoms. The second kappa shape index (κ2) is 4.58. The maximum atomic E-state index is 12.3. The average molecular weight is 296 g/mol. The van der Waals surface area contributed by atoms with Gasteiger partial charge >= 0.3 is 0 Å². The molecule has 1 aromatic rings. The molecule has 2 atom stereocenters. The van der Waals surface area contributed by atoms with Crippen LogP contribution in [0.1, 0.15) is 13.8 Å². The van der Waals surface area contributed by atoms with Gasteiger partial charge < -0.3 is 14.2 Å². The highest BCUT2D eigenvalue weighted by atomic mass is 32.2. The molecule has 3 rings (SSSR count). The van der Waals surface area contributed by atoms with E-state index in [1.165, 1.54) is 0 Å². The topological polar surface area (TPSA) is 61.8 Å². The molecule has 5 nitrogen and oxygen atoms in total. The lowest BCUT2D eigenvalue weighted by atomic mass is 10.2. The van der Waals surface area contributed by atoms with E-state index in [4.69, 9.17) is 14.2 Å². The Morgan fingerprint density at radius 3 is 2.60 bits per heavy atom. The van der Waals surface area contributed by atoms with Crippen molar-refractivity contribution >= 4 is 9.84 Å². The van der Waals surface area contributed by atoms with Gasteiger partial charge in [0.05, 0.1) is 10.3 Å². The van der Waals surface area contributed by atoms with Gasteiger partial charge in [-0.3, -0.25) is 0 Å². The van der Waals surface area contributed by atoms with Crippen LogP contribution in [0.4, 0.5) is 0 Å². The SMILES string of the molecule is CC1(C)O[C@@H]2CO/C(=C\S(=O)(=O)c3ccccc3)[C@@H]2O1. The minimum atomic E-state index is -3.54. The van der Waals surface area contributed by atoms with Gasteiger partial charge in [0, 0.05) is 0 Å². The third kappa shape index (κ3) is 2.46. The average Bonchev–Trinajstić information content (AvgIpc) is 2.87. The molecule has 6 heteroatoms. The summed E-state index contributed by atoms with van der Waals surface area (Å²) in [5, 5.41) is 1.14. The zero-order valence-electron chi connectivity index (χ0n) is 11.3. The van der Waals surface area contributed by atoms with Crippen LogP contribution in [0.15, 0.2) is 46.4 Å². The molecule has 0 amide bonds.